The number of hydrogen-bond donors (Lipinski definition) is 4. The molecule has 2 fully saturated rings. The molecule has 9 nitrogen and oxygen atoms in total. The van der Waals surface area contributed by atoms with Crippen molar-refractivity contribution in [3.8, 4) is 5.75 Å². The Kier molecular flexibility index (Phi) is 8.93. The van der Waals surface area contributed by atoms with E-state index in [1.54, 1.807) is 18.2 Å². The summed E-state index contributed by atoms with van der Waals surface area (Å²) in [5.74, 6) is -0.135. The largest absolute Gasteiger partial charge is 0.495 e. The molecule has 2 atom stereocenters. The van der Waals surface area contributed by atoms with Crippen LogP contribution in [0.4, 0.5) is 30.6 Å². The molecule has 4 N–H and O–H groups in total. The number of hydrogen-bond acceptors (Lipinski definition) is 8. The van der Waals surface area contributed by atoms with Gasteiger partial charge in [0.2, 0.25) is 5.95 Å². The first-order valence-electron chi connectivity index (χ1n) is 13.0. The van der Waals surface area contributed by atoms with Crippen LogP contribution >= 0.6 is 0 Å². The van der Waals surface area contributed by atoms with E-state index < -0.39 is 11.7 Å². The number of carbonyl (C=O) groups excluding carboxylic acids is 1. The first-order valence-corrected chi connectivity index (χ1v) is 13.0. The molecule has 0 radical (unpaired) electrons. The monoisotopic (exact) mass is 535 g/mol. The molecule has 1 aliphatic heterocycles. The molecular formula is C26H36F3N7O2. The molecule has 38 heavy (non-hydrogen) atoms. The van der Waals surface area contributed by atoms with Gasteiger partial charge in [-0.05, 0) is 71.1 Å². The molecule has 4 rings (SSSR count). The lowest BCUT2D eigenvalue weighted by molar-refractivity contribution is -0.137. The van der Waals surface area contributed by atoms with E-state index in [1.165, 1.54) is 7.11 Å². The summed E-state index contributed by atoms with van der Waals surface area (Å²) in [5.41, 5.74) is -0.0615. The molecule has 1 aromatic carbocycles. The maximum atomic E-state index is 13.7. The Morgan fingerprint density at radius 2 is 1.82 bits per heavy atom. The fourth-order valence-electron chi connectivity index (χ4n) is 5.06. The SMILES string of the molecule is CN[C@@H]1CCCCC1Nc1nc(Nc2ccc(C(=O)NC3CCN(C)CC3)cc2OC)ncc1C(F)(F)F. The van der Waals surface area contributed by atoms with Crippen molar-refractivity contribution in [2.45, 2.75) is 62.8 Å². The van der Waals surface area contributed by atoms with Crippen molar-refractivity contribution < 1.29 is 22.7 Å². The van der Waals surface area contributed by atoms with Gasteiger partial charge in [-0.2, -0.15) is 18.2 Å². The Morgan fingerprint density at radius 1 is 1.11 bits per heavy atom. The average molecular weight is 536 g/mol. The van der Waals surface area contributed by atoms with Gasteiger partial charge >= 0.3 is 6.18 Å². The number of amides is 1. The normalized spacial score (nSPS) is 21.1. The van der Waals surface area contributed by atoms with Gasteiger partial charge in [0, 0.05) is 29.9 Å². The molecule has 1 saturated carbocycles. The first-order chi connectivity index (χ1) is 18.2. The third kappa shape index (κ3) is 6.84. The van der Waals surface area contributed by atoms with E-state index >= 15 is 0 Å². The van der Waals surface area contributed by atoms with Crippen molar-refractivity contribution in [1.29, 1.82) is 0 Å². The Hall–Kier alpha value is -3.12. The van der Waals surface area contributed by atoms with Gasteiger partial charge in [-0.3, -0.25) is 4.79 Å². The number of piperidine rings is 1. The number of nitrogens with one attached hydrogen (secondary N) is 4. The molecule has 2 aromatic rings. The molecular weight excluding hydrogens is 499 g/mol. The van der Waals surface area contributed by atoms with Crippen molar-refractivity contribution in [3.05, 3.63) is 35.5 Å². The van der Waals surface area contributed by atoms with E-state index in [-0.39, 0.29) is 35.8 Å². The van der Waals surface area contributed by atoms with Gasteiger partial charge in [0.05, 0.1) is 12.8 Å². The molecule has 1 aromatic heterocycles. The van der Waals surface area contributed by atoms with Gasteiger partial charge in [-0.25, -0.2) is 4.98 Å². The zero-order valence-corrected chi connectivity index (χ0v) is 22.0. The number of halogens is 3. The summed E-state index contributed by atoms with van der Waals surface area (Å²) < 4.78 is 46.7. The highest BCUT2D eigenvalue weighted by molar-refractivity contribution is 5.95. The van der Waals surface area contributed by atoms with E-state index in [0.717, 1.165) is 57.8 Å². The molecule has 1 aliphatic carbocycles. The molecule has 2 heterocycles. The number of likely N-dealkylation sites (tertiary alicyclic amines) is 1. The van der Waals surface area contributed by atoms with Gasteiger partial charge in [0.1, 0.15) is 17.1 Å². The Morgan fingerprint density at radius 3 is 2.47 bits per heavy atom. The van der Waals surface area contributed by atoms with Gasteiger partial charge in [-0.1, -0.05) is 12.8 Å². The van der Waals surface area contributed by atoms with Crippen LogP contribution in [0.15, 0.2) is 24.4 Å². The van der Waals surface area contributed by atoms with Crippen LogP contribution in [0.2, 0.25) is 0 Å². The third-order valence-corrected chi connectivity index (χ3v) is 7.32. The molecule has 2 aliphatic rings. The number of nitrogens with zero attached hydrogens (tertiary/aromatic N) is 3. The second-order valence-corrected chi connectivity index (χ2v) is 9.98. The lowest BCUT2D eigenvalue weighted by Crippen LogP contribution is -2.45. The standard InChI is InChI=1S/C26H36F3N7O2/c1-30-19-6-4-5-7-20(19)33-23-18(26(27,28)29)15-31-25(35-23)34-21-9-8-16(14-22(21)38-3)24(37)32-17-10-12-36(2)13-11-17/h8-9,14-15,17,19-20,30H,4-7,10-13H2,1-3H3,(H,32,37)(H2,31,33,34,35)/t19-,20?/m1/s1. The van der Waals surface area contributed by atoms with Crippen LogP contribution < -0.4 is 26.0 Å². The van der Waals surface area contributed by atoms with Crippen molar-refractivity contribution in [3.63, 3.8) is 0 Å². The van der Waals surface area contributed by atoms with E-state index in [9.17, 15) is 18.0 Å². The summed E-state index contributed by atoms with van der Waals surface area (Å²) in [4.78, 5) is 23.1. The highest BCUT2D eigenvalue weighted by Crippen LogP contribution is 2.36. The summed E-state index contributed by atoms with van der Waals surface area (Å²) in [7, 11) is 5.33. The van der Waals surface area contributed by atoms with Gasteiger partial charge < -0.3 is 30.9 Å². The van der Waals surface area contributed by atoms with E-state index in [1.807, 2.05) is 7.05 Å². The third-order valence-electron chi connectivity index (χ3n) is 7.32. The summed E-state index contributed by atoms with van der Waals surface area (Å²) in [6.07, 6.45) is 1.52. The minimum absolute atomic E-state index is 0.0147. The number of alkyl halides is 3. The number of aromatic nitrogens is 2. The topological polar surface area (TPSA) is 103 Å². The number of likely N-dealkylation sites (N-methyl/N-ethyl adjacent to an activating group) is 1. The van der Waals surface area contributed by atoms with E-state index in [0.29, 0.717) is 17.0 Å². The van der Waals surface area contributed by atoms with Crippen LogP contribution in [0.25, 0.3) is 0 Å². The van der Waals surface area contributed by atoms with Gasteiger partial charge in [-0.15, -0.1) is 0 Å². The molecule has 12 heteroatoms. The second kappa shape index (κ2) is 12.2. The zero-order valence-electron chi connectivity index (χ0n) is 22.0. The second-order valence-electron chi connectivity index (χ2n) is 9.98. The minimum Gasteiger partial charge on any atom is -0.495 e. The average Bonchev–Trinajstić information content (AvgIpc) is 2.90. The smallest absolute Gasteiger partial charge is 0.421 e. The maximum Gasteiger partial charge on any atom is 0.421 e. The minimum atomic E-state index is -4.61. The summed E-state index contributed by atoms with van der Waals surface area (Å²) >= 11 is 0. The molecule has 1 saturated heterocycles. The quantitative estimate of drug-likeness (QED) is 0.402. The summed E-state index contributed by atoms with van der Waals surface area (Å²) in [5, 5.41) is 12.2. The van der Waals surface area contributed by atoms with E-state index in [2.05, 4.69) is 43.2 Å². The van der Waals surface area contributed by atoms with Crippen molar-refractivity contribution in [2.75, 3.05) is 44.9 Å². The fourth-order valence-corrected chi connectivity index (χ4v) is 5.06. The number of ether oxygens (including phenoxy) is 1. The van der Waals surface area contributed by atoms with Crippen LogP contribution in [0.3, 0.4) is 0 Å². The summed E-state index contributed by atoms with van der Waals surface area (Å²) in [6, 6.07) is 4.84. The maximum absolute atomic E-state index is 13.7. The highest BCUT2D eigenvalue weighted by atomic mass is 19.4. The number of rotatable bonds is 8. The van der Waals surface area contributed by atoms with Crippen molar-refractivity contribution >= 4 is 23.4 Å². The van der Waals surface area contributed by atoms with Crippen LogP contribution in [0, 0.1) is 0 Å². The number of carbonyl (C=O) groups is 1. The number of benzene rings is 1. The van der Waals surface area contributed by atoms with Crippen LogP contribution in [0.5, 0.6) is 5.75 Å². The number of anilines is 3. The highest BCUT2D eigenvalue weighted by Gasteiger charge is 2.37. The lowest BCUT2D eigenvalue weighted by atomic mass is 9.90. The Labute approximate surface area is 220 Å². The van der Waals surface area contributed by atoms with E-state index in [4.69, 9.17) is 4.74 Å². The van der Waals surface area contributed by atoms with Crippen molar-refractivity contribution in [1.82, 2.24) is 25.5 Å². The fraction of sp³-hybridized carbons (Fsp3) is 0.577. The van der Waals surface area contributed by atoms with Crippen LogP contribution in [-0.2, 0) is 6.18 Å². The molecule has 208 valence electrons. The molecule has 1 unspecified atom stereocenters. The predicted molar refractivity (Wildman–Crippen MR) is 140 cm³/mol. The molecule has 0 bridgehead atoms. The lowest BCUT2D eigenvalue weighted by Gasteiger charge is -2.33. The van der Waals surface area contributed by atoms with Gasteiger partial charge in [0.25, 0.3) is 5.91 Å². The summed E-state index contributed by atoms with van der Waals surface area (Å²) in [6.45, 7) is 1.86. The first kappa shape index (κ1) is 27.9. The number of methoxy groups -OCH3 is 1. The van der Waals surface area contributed by atoms with Crippen molar-refractivity contribution in [2.24, 2.45) is 0 Å². The predicted octanol–water partition coefficient (Wildman–Crippen LogP) is 4.01. The molecule has 0 spiro atoms. The van der Waals surface area contributed by atoms with Gasteiger partial charge in [0.15, 0.2) is 0 Å². The van der Waals surface area contributed by atoms with Crippen LogP contribution in [-0.4, -0.2) is 73.2 Å². The Bertz CT molecular complexity index is 1110. The zero-order chi connectivity index (χ0) is 27.3. The molecule has 1 amide bonds. The Balaban J connectivity index is 1.52. The van der Waals surface area contributed by atoms with Crippen LogP contribution in [0.1, 0.15) is 54.4 Å².